The Bertz CT molecular complexity index is 2180. The minimum absolute atomic E-state index is 0.0158. The lowest BCUT2D eigenvalue weighted by Gasteiger charge is -2.29. The topological polar surface area (TPSA) is 251 Å². The number of halogens is 1. The van der Waals surface area contributed by atoms with Gasteiger partial charge in [0, 0.05) is 12.4 Å². The molecule has 0 bridgehead atoms. The minimum Gasteiger partial charge on any atom is -0.386 e. The summed E-state index contributed by atoms with van der Waals surface area (Å²) in [6.45, 7) is -9.79. The van der Waals surface area contributed by atoms with Gasteiger partial charge in [0.2, 0.25) is 5.78 Å². The highest BCUT2D eigenvalue weighted by atomic mass is 32.7. The number of hydrogen-bond acceptors (Lipinski definition) is 16. The standard InChI is InChI=1S/C22H23FN10O10P2S2/c23-10-14-8(40-20(10)32-6-28-11-16(24)26-5-27-17(11)32)3-38-45(37,47)43-15-9(4-39-44(36,46)42-14)41-21(13(15)34)33-7-29-12-18(33)30-22-25-1-2-31(22)19(12)35/h1-2,5-10,13-15,20-21,34H,3-4H2,(H,25,30)(H,36,46)(H,37,47)(H2,24,26,27)/t8-,9-,10-,13-,14-,15-,20-,21-,44?,45?/m1/s1. The number of hydrogen-bond donors (Lipinski definition) is 5. The van der Waals surface area contributed by atoms with Crippen LogP contribution in [0.3, 0.4) is 0 Å². The van der Waals surface area contributed by atoms with Crippen molar-refractivity contribution in [1.29, 1.82) is 0 Å². The quantitative estimate of drug-likeness (QED) is 0.121. The predicted octanol–water partition coefficient (Wildman–Crippen LogP) is 0.360. The maximum atomic E-state index is 16.0. The first-order chi connectivity index (χ1) is 22.4. The molecule has 5 N–H and O–H groups in total. The molecule has 20 nitrogen and oxygen atoms in total. The zero-order chi connectivity index (χ0) is 32.8. The maximum Gasteiger partial charge on any atom is 0.386 e. The predicted molar refractivity (Wildman–Crippen MR) is 162 cm³/mol. The van der Waals surface area contributed by atoms with Gasteiger partial charge in [-0.05, 0) is 11.8 Å². The van der Waals surface area contributed by atoms with E-state index in [-0.39, 0.29) is 33.9 Å². The molecule has 0 radical (unpaired) electrons. The fraction of sp³-hybridized carbons (Fsp3) is 0.455. The Morgan fingerprint density at radius 3 is 2.57 bits per heavy atom. The highest BCUT2D eigenvalue weighted by Gasteiger charge is 2.53. The normalized spacial score (nSPS) is 36.8. The third-order valence-electron chi connectivity index (χ3n) is 7.91. The van der Waals surface area contributed by atoms with Crippen LogP contribution in [0, 0.1) is 0 Å². The van der Waals surface area contributed by atoms with Crippen LogP contribution in [0.4, 0.5) is 10.2 Å². The number of aliphatic hydroxyl groups excluding tert-OH is 1. The number of nitrogens with one attached hydrogen (secondary N) is 1. The third-order valence-corrected chi connectivity index (χ3v) is 11.1. The molecule has 25 heteroatoms. The molecule has 3 aliphatic heterocycles. The summed E-state index contributed by atoms with van der Waals surface area (Å²) >= 11 is 9.27. The number of anilines is 1. The van der Waals surface area contributed by atoms with E-state index in [0.29, 0.717) is 0 Å². The van der Waals surface area contributed by atoms with Crippen molar-refractivity contribution >= 4 is 71.5 Å². The van der Waals surface area contributed by atoms with Crippen molar-refractivity contribution < 1.29 is 46.5 Å². The summed E-state index contributed by atoms with van der Waals surface area (Å²) in [4.78, 5) is 47.2. The van der Waals surface area contributed by atoms with Crippen molar-refractivity contribution in [2.75, 3.05) is 18.9 Å². The van der Waals surface area contributed by atoms with E-state index < -0.39 is 81.4 Å². The Morgan fingerprint density at radius 1 is 1.02 bits per heavy atom. The summed E-state index contributed by atoms with van der Waals surface area (Å²) in [5.41, 5.74) is 5.90. The lowest BCUT2D eigenvalue weighted by Crippen LogP contribution is -2.38. The number of aromatic nitrogens is 9. The fourth-order valence-electron chi connectivity index (χ4n) is 5.77. The molecule has 0 aromatic carbocycles. The molecule has 47 heavy (non-hydrogen) atoms. The molecule has 3 aliphatic rings. The Morgan fingerprint density at radius 2 is 1.74 bits per heavy atom. The van der Waals surface area contributed by atoms with Crippen molar-refractivity contribution in [3.05, 3.63) is 41.7 Å². The molecule has 5 aromatic rings. The summed E-state index contributed by atoms with van der Waals surface area (Å²) in [6.07, 6.45) is -5.37. The zero-order valence-electron chi connectivity index (χ0n) is 23.4. The van der Waals surface area contributed by atoms with Crippen LogP contribution in [-0.2, 0) is 43.9 Å². The van der Waals surface area contributed by atoms with Crippen LogP contribution in [0.15, 0.2) is 36.2 Å². The molecule has 8 heterocycles. The first kappa shape index (κ1) is 31.4. The molecule has 2 unspecified atom stereocenters. The number of nitrogens with two attached hydrogens (primary N) is 1. The number of ether oxygens (including phenoxy) is 2. The van der Waals surface area contributed by atoms with Gasteiger partial charge in [-0.15, -0.1) is 0 Å². The molecular weight excluding hydrogens is 709 g/mol. The van der Waals surface area contributed by atoms with Gasteiger partial charge in [-0.2, -0.15) is 0 Å². The Kier molecular flexibility index (Phi) is 7.55. The largest absolute Gasteiger partial charge is 0.386 e. The lowest BCUT2D eigenvalue weighted by molar-refractivity contribution is -0.0574. The maximum absolute atomic E-state index is 16.0. The number of fused-ring (bicyclic) bond motifs is 5. The summed E-state index contributed by atoms with van der Waals surface area (Å²) in [5.74, 6) is 0.261. The smallest absolute Gasteiger partial charge is 0.386 e. The van der Waals surface area contributed by atoms with Crippen molar-refractivity contribution in [2.24, 2.45) is 0 Å². The summed E-state index contributed by atoms with van der Waals surface area (Å²) in [5, 5.41) is 11.4. The summed E-state index contributed by atoms with van der Waals surface area (Å²) in [6, 6.07) is 0. The van der Waals surface area contributed by atoms with Crippen LogP contribution in [0.2, 0.25) is 0 Å². The van der Waals surface area contributed by atoms with Crippen LogP contribution in [0.5, 0.6) is 0 Å². The van der Waals surface area contributed by atoms with E-state index in [0.717, 1.165) is 0 Å². The van der Waals surface area contributed by atoms with Gasteiger partial charge in [-0.1, -0.05) is 12.2 Å². The Hall–Kier alpha value is -2.92. The average molecular weight is 733 g/mol. The Labute approximate surface area is 270 Å². The highest BCUT2D eigenvalue weighted by Crippen LogP contribution is 2.58. The van der Waals surface area contributed by atoms with Crippen molar-refractivity contribution in [2.45, 2.75) is 49.1 Å². The summed E-state index contributed by atoms with van der Waals surface area (Å²) in [7, 11) is 0. The number of nitrogens with zero attached hydrogens (tertiary/aromatic N) is 8. The summed E-state index contributed by atoms with van der Waals surface area (Å²) < 4.78 is 67.5. The molecule has 8 rings (SSSR count). The molecule has 5 aromatic heterocycles. The van der Waals surface area contributed by atoms with Crippen LogP contribution in [0.1, 0.15) is 12.5 Å². The van der Waals surface area contributed by atoms with Gasteiger partial charge in [-0.25, -0.2) is 38.3 Å². The van der Waals surface area contributed by atoms with Crippen LogP contribution >= 0.6 is 25.8 Å². The van der Waals surface area contributed by atoms with Gasteiger partial charge in [-0.3, -0.25) is 27.5 Å². The molecule has 0 spiro atoms. The molecule has 10 atom stereocenters. The van der Waals surface area contributed by atoms with E-state index >= 15 is 4.39 Å². The second kappa shape index (κ2) is 11.3. The third kappa shape index (κ3) is 5.30. The van der Waals surface area contributed by atoms with E-state index in [2.05, 4.69) is 42.2 Å². The molecule has 0 amide bonds. The molecule has 250 valence electrons. The highest BCUT2D eigenvalue weighted by molar-refractivity contribution is 8.44. The SMILES string of the molecule is Nc1ncnc2c1ncn2[C@@H]1O[C@@H]2COP(=O)(S)O[C@H]3[C@@H](O)[C@H](n4cnc5c(=O)n6ccnc6[nH]c54)O[C@@H]3COP(O)(=S)O[C@H]2[C@H]1F. The van der Waals surface area contributed by atoms with Gasteiger partial charge in [0.25, 0.3) is 5.56 Å². The number of rotatable bonds is 2. The number of H-pyrrole nitrogens is 1. The molecular formula is C22H23FN10O10P2S2. The minimum atomic E-state index is -4.35. The van der Waals surface area contributed by atoms with Gasteiger partial charge < -0.3 is 34.7 Å². The molecule has 3 fully saturated rings. The number of thiol groups is 1. The number of aliphatic hydroxyl groups is 1. The van der Waals surface area contributed by atoms with Crippen molar-refractivity contribution in [3.8, 4) is 0 Å². The first-order valence-electron chi connectivity index (χ1n) is 13.7. The van der Waals surface area contributed by atoms with E-state index in [1.807, 2.05) is 0 Å². The van der Waals surface area contributed by atoms with Crippen molar-refractivity contribution in [3.63, 3.8) is 0 Å². The monoisotopic (exact) mass is 732 g/mol. The number of imidazole rings is 3. The zero-order valence-corrected chi connectivity index (χ0v) is 26.9. The van der Waals surface area contributed by atoms with Gasteiger partial charge in [0.1, 0.15) is 48.0 Å². The Balaban J connectivity index is 1.08. The van der Waals surface area contributed by atoms with Crippen LogP contribution < -0.4 is 11.3 Å². The van der Waals surface area contributed by atoms with Gasteiger partial charge >= 0.3 is 13.5 Å². The average Bonchev–Trinajstić information content (AvgIpc) is 3.84. The second-order valence-electron chi connectivity index (χ2n) is 10.7. The number of nitrogen functional groups attached to an aromatic ring is 1. The lowest BCUT2D eigenvalue weighted by atomic mass is 10.1. The second-order valence-corrected chi connectivity index (χ2v) is 16.4. The van der Waals surface area contributed by atoms with Gasteiger partial charge in [0.05, 0.1) is 25.9 Å². The molecule has 0 saturated carbocycles. The number of aromatic amines is 1. The van der Waals surface area contributed by atoms with E-state index in [1.165, 1.54) is 44.9 Å². The number of alkyl halides is 1. The fourth-order valence-corrected chi connectivity index (χ4v) is 8.69. The first-order valence-corrected chi connectivity index (χ1v) is 19.0. The van der Waals surface area contributed by atoms with E-state index in [4.69, 9.17) is 45.1 Å². The van der Waals surface area contributed by atoms with Crippen LogP contribution in [0.25, 0.3) is 28.1 Å². The van der Waals surface area contributed by atoms with E-state index in [9.17, 15) is 19.4 Å². The van der Waals surface area contributed by atoms with Crippen LogP contribution in [-0.4, -0.2) is 103 Å². The van der Waals surface area contributed by atoms with E-state index in [1.54, 1.807) is 0 Å². The molecule has 0 aliphatic carbocycles. The molecule has 3 saturated heterocycles. The van der Waals surface area contributed by atoms with Crippen molar-refractivity contribution in [1.82, 2.24) is 43.4 Å². The van der Waals surface area contributed by atoms with Gasteiger partial charge in [0.15, 0.2) is 35.6 Å².